The van der Waals surface area contributed by atoms with Crippen molar-refractivity contribution in [1.82, 2.24) is 0 Å². The van der Waals surface area contributed by atoms with Crippen molar-refractivity contribution in [3.05, 3.63) is 42.6 Å². The molecule has 0 radical (unpaired) electrons. The van der Waals surface area contributed by atoms with E-state index in [2.05, 4.69) is 35.0 Å². The molecule has 3 heterocycles. The first-order chi connectivity index (χ1) is 12.3. The molecule has 25 heavy (non-hydrogen) atoms. The Morgan fingerprint density at radius 1 is 0.720 bits per heavy atom. The summed E-state index contributed by atoms with van der Waals surface area (Å²) < 4.78 is 24.4. The molecule has 2 aliphatic heterocycles. The van der Waals surface area contributed by atoms with Crippen molar-refractivity contribution in [3.63, 3.8) is 0 Å². The van der Waals surface area contributed by atoms with Crippen LogP contribution in [0.3, 0.4) is 0 Å². The van der Waals surface area contributed by atoms with Gasteiger partial charge in [-0.2, -0.15) is 4.57 Å². The highest BCUT2D eigenvalue weighted by atomic mass is 16.7. The number of benzene rings is 3. The van der Waals surface area contributed by atoms with Crippen molar-refractivity contribution in [2.24, 2.45) is 7.05 Å². The van der Waals surface area contributed by atoms with E-state index >= 15 is 0 Å². The molecule has 0 saturated carbocycles. The van der Waals surface area contributed by atoms with E-state index in [1.165, 1.54) is 10.8 Å². The van der Waals surface area contributed by atoms with E-state index in [1.807, 2.05) is 19.2 Å². The molecule has 0 aliphatic carbocycles. The maximum Gasteiger partial charge on any atom is 0.259 e. The van der Waals surface area contributed by atoms with Crippen molar-refractivity contribution in [3.8, 4) is 23.0 Å². The minimum absolute atomic E-state index is 0.272. The van der Waals surface area contributed by atoms with Gasteiger partial charge in [-0.15, -0.1) is 0 Å². The Hall–Kier alpha value is -3.21. The molecule has 5 heteroatoms. The van der Waals surface area contributed by atoms with Gasteiger partial charge in [0.2, 0.25) is 19.3 Å². The van der Waals surface area contributed by atoms with Crippen molar-refractivity contribution >= 4 is 32.4 Å². The zero-order chi connectivity index (χ0) is 16.5. The third-order valence-corrected chi connectivity index (χ3v) is 5.03. The van der Waals surface area contributed by atoms with Crippen molar-refractivity contribution in [2.75, 3.05) is 13.6 Å². The molecule has 1 aromatic heterocycles. The standard InChI is InChI=1S/C20H14NO4/c1-21-8-15-12(13-4-5-16-20(19(13)21)25-10-22-16)3-2-11-6-17-18(7-14(11)15)24-9-23-17/h2-8H,9-10H2,1H3/q+1. The number of pyridine rings is 1. The number of rotatable bonds is 0. The molecular formula is C20H14NO4+. The number of aryl methyl sites for hydroxylation is 1. The van der Waals surface area contributed by atoms with Crippen LogP contribution >= 0.6 is 0 Å². The summed E-state index contributed by atoms with van der Waals surface area (Å²) in [5.74, 6) is 3.22. The van der Waals surface area contributed by atoms with Gasteiger partial charge in [0, 0.05) is 5.39 Å². The van der Waals surface area contributed by atoms with Crippen molar-refractivity contribution < 1.29 is 23.5 Å². The van der Waals surface area contributed by atoms with E-state index in [9.17, 15) is 0 Å². The summed E-state index contributed by atoms with van der Waals surface area (Å²) in [5, 5.41) is 5.78. The van der Waals surface area contributed by atoms with E-state index < -0.39 is 0 Å². The van der Waals surface area contributed by atoms with Crippen LogP contribution in [0.25, 0.3) is 32.4 Å². The molecule has 0 bridgehead atoms. The highest BCUT2D eigenvalue weighted by Gasteiger charge is 2.25. The fourth-order valence-corrected chi connectivity index (χ4v) is 3.89. The average molecular weight is 332 g/mol. The molecule has 5 nitrogen and oxygen atoms in total. The lowest BCUT2D eigenvalue weighted by Crippen LogP contribution is -2.28. The highest BCUT2D eigenvalue weighted by molar-refractivity contribution is 6.16. The predicted molar refractivity (Wildman–Crippen MR) is 92.4 cm³/mol. The van der Waals surface area contributed by atoms with E-state index in [0.717, 1.165) is 44.7 Å². The van der Waals surface area contributed by atoms with E-state index in [1.54, 1.807) is 0 Å². The molecule has 6 rings (SSSR count). The van der Waals surface area contributed by atoms with Crippen LogP contribution in [0.15, 0.2) is 42.6 Å². The van der Waals surface area contributed by atoms with Crippen LogP contribution in [0.4, 0.5) is 0 Å². The van der Waals surface area contributed by atoms with Crippen molar-refractivity contribution in [1.29, 1.82) is 0 Å². The highest BCUT2D eigenvalue weighted by Crippen LogP contribution is 2.42. The number of nitrogens with zero attached hydrogens (tertiary/aromatic N) is 1. The van der Waals surface area contributed by atoms with Gasteiger partial charge in [-0.3, -0.25) is 0 Å². The summed E-state index contributed by atoms with van der Waals surface area (Å²) in [6.07, 6.45) is 2.14. The molecule has 0 atom stereocenters. The second kappa shape index (κ2) is 4.45. The maximum absolute atomic E-state index is 5.71. The molecule has 3 aromatic carbocycles. The third kappa shape index (κ3) is 1.65. The van der Waals surface area contributed by atoms with Gasteiger partial charge in [-0.1, -0.05) is 12.1 Å². The molecule has 0 N–H and O–H groups in total. The molecule has 0 fully saturated rings. The van der Waals surface area contributed by atoms with Gasteiger partial charge in [0.15, 0.2) is 23.4 Å². The number of aromatic nitrogens is 1. The number of ether oxygens (including phenoxy) is 4. The fourth-order valence-electron chi connectivity index (χ4n) is 3.89. The first kappa shape index (κ1) is 13.1. The monoisotopic (exact) mass is 332 g/mol. The quantitative estimate of drug-likeness (QED) is 0.365. The molecular weight excluding hydrogens is 318 g/mol. The summed E-state index contributed by atoms with van der Waals surface area (Å²) in [6.45, 7) is 0.553. The second-order valence-electron chi connectivity index (χ2n) is 6.39. The summed E-state index contributed by atoms with van der Waals surface area (Å²) >= 11 is 0. The average Bonchev–Trinajstić information content (AvgIpc) is 3.28. The Morgan fingerprint density at radius 2 is 1.48 bits per heavy atom. The zero-order valence-electron chi connectivity index (χ0n) is 13.5. The van der Waals surface area contributed by atoms with Gasteiger partial charge < -0.3 is 18.9 Å². The van der Waals surface area contributed by atoms with Gasteiger partial charge in [0.25, 0.3) is 5.52 Å². The number of hydrogen-bond acceptors (Lipinski definition) is 4. The third-order valence-electron chi connectivity index (χ3n) is 5.03. The van der Waals surface area contributed by atoms with Crippen LogP contribution in [0, 0.1) is 0 Å². The second-order valence-corrected chi connectivity index (χ2v) is 6.39. The Labute approximate surface area is 142 Å². The van der Waals surface area contributed by atoms with Gasteiger partial charge in [0.05, 0.1) is 10.8 Å². The number of fused-ring (bicyclic) bond motifs is 8. The molecule has 0 spiro atoms. The first-order valence-corrected chi connectivity index (χ1v) is 8.16. The smallest absolute Gasteiger partial charge is 0.259 e. The van der Waals surface area contributed by atoms with Gasteiger partial charge in [0.1, 0.15) is 7.05 Å². The van der Waals surface area contributed by atoms with E-state index in [-0.39, 0.29) is 13.6 Å². The summed E-state index contributed by atoms with van der Waals surface area (Å²) in [6, 6.07) is 12.5. The Morgan fingerprint density at radius 3 is 2.40 bits per heavy atom. The Bertz CT molecular complexity index is 1220. The van der Waals surface area contributed by atoms with Crippen LogP contribution in [-0.2, 0) is 7.05 Å². The minimum Gasteiger partial charge on any atom is -0.454 e. The van der Waals surface area contributed by atoms with Crippen LogP contribution in [0.5, 0.6) is 23.0 Å². The van der Waals surface area contributed by atoms with Crippen LogP contribution in [0.1, 0.15) is 0 Å². The lowest BCUT2D eigenvalue weighted by molar-refractivity contribution is -0.643. The normalized spacial score (nSPS) is 14.8. The summed E-state index contributed by atoms with van der Waals surface area (Å²) in [5.41, 5.74) is 1.04. The topological polar surface area (TPSA) is 40.8 Å². The maximum atomic E-state index is 5.71. The molecule has 0 saturated heterocycles. The van der Waals surface area contributed by atoms with Crippen LogP contribution in [-0.4, -0.2) is 13.6 Å². The largest absolute Gasteiger partial charge is 0.454 e. The van der Waals surface area contributed by atoms with Gasteiger partial charge in [-0.25, -0.2) is 0 Å². The van der Waals surface area contributed by atoms with Crippen molar-refractivity contribution in [2.45, 2.75) is 0 Å². The van der Waals surface area contributed by atoms with E-state index in [0.29, 0.717) is 0 Å². The van der Waals surface area contributed by atoms with Gasteiger partial charge >= 0.3 is 0 Å². The predicted octanol–water partition coefficient (Wildman–Crippen LogP) is 3.43. The molecule has 122 valence electrons. The number of hydrogen-bond donors (Lipinski definition) is 0. The summed E-state index contributed by atoms with van der Waals surface area (Å²) in [7, 11) is 2.04. The first-order valence-electron chi connectivity index (χ1n) is 8.16. The lowest BCUT2D eigenvalue weighted by Gasteiger charge is -2.08. The van der Waals surface area contributed by atoms with E-state index in [4.69, 9.17) is 18.9 Å². The Kier molecular flexibility index (Phi) is 2.33. The van der Waals surface area contributed by atoms with Crippen LogP contribution in [0.2, 0.25) is 0 Å². The summed E-state index contributed by atoms with van der Waals surface area (Å²) in [4.78, 5) is 0. The minimum atomic E-state index is 0.272. The van der Waals surface area contributed by atoms with Crippen LogP contribution < -0.4 is 23.5 Å². The Balaban J connectivity index is 1.79. The molecule has 0 amide bonds. The SMILES string of the molecule is C[n+]1cc2c3cc4c(cc3ccc2c2ccc3c(c21)OCO3)OCO4. The molecule has 2 aliphatic rings. The van der Waals surface area contributed by atoms with Gasteiger partial charge in [-0.05, 0) is 35.0 Å². The molecule has 4 aromatic rings. The molecule has 0 unspecified atom stereocenters. The lowest BCUT2D eigenvalue weighted by atomic mass is 9.99. The zero-order valence-corrected chi connectivity index (χ0v) is 13.5. The fraction of sp³-hybridized carbons (Fsp3) is 0.150.